The Kier molecular flexibility index (Phi) is 3.88. The molecule has 88 valence electrons. The second-order valence-electron chi connectivity index (χ2n) is 3.17. The number of allylic oxidation sites excluding steroid dienone is 2. The van der Waals surface area contributed by atoms with Gasteiger partial charge < -0.3 is 4.74 Å². The van der Waals surface area contributed by atoms with Gasteiger partial charge in [-0.3, -0.25) is 0 Å². The van der Waals surface area contributed by atoms with Gasteiger partial charge in [0.1, 0.15) is 0 Å². The zero-order chi connectivity index (χ0) is 12.3. The maximum Gasteiger partial charge on any atom is 0.337 e. The van der Waals surface area contributed by atoms with E-state index in [2.05, 4.69) is 9.13 Å². The lowest BCUT2D eigenvalue weighted by molar-refractivity contribution is -0.135. The SMILES string of the molecule is COC(=O)C1=CC(=NS(C)(=O)=O)CC(Cl)=C1. The van der Waals surface area contributed by atoms with Gasteiger partial charge in [0, 0.05) is 11.5 Å². The summed E-state index contributed by atoms with van der Waals surface area (Å²) in [6.07, 6.45) is 3.93. The Morgan fingerprint density at radius 3 is 2.62 bits per heavy atom. The minimum absolute atomic E-state index is 0.182. The summed E-state index contributed by atoms with van der Waals surface area (Å²) in [4.78, 5) is 11.2. The maximum absolute atomic E-state index is 11.2. The summed E-state index contributed by atoms with van der Waals surface area (Å²) in [5.41, 5.74) is 0.400. The predicted octanol–water partition coefficient (Wildman–Crippen LogP) is 1.01. The molecule has 0 bridgehead atoms. The van der Waals surface area contributed by atoms with E-state index in [0.29, 0.717) is 5.03 Å². The van der Waals surface area contributed by atoms with Crippen molar-refractivity contribution in [2.45, 2.75) is 6.42 Å². The summed E-state index contributed by atoms with van der Waals surface area (Å²) in [5.74, 6) is -0.584. The van der Waals surface area contributed by atoms with E-state index in [1.54, 1.807) is 0 Å². The summed E-state index contributed by atoms with van der Waals surface area (Å²) >= 11 is 5.77. The highest BCUT2D eigenvalue weighted by atomic mass is 35.5. The molecule has 0 saturated carbocycles. The molecule has 0 N–H and O–H groups in total. The Hall–Kier alpha value is -1.14. The van der Waals surface area contributed by atoms with Crippen LogP contribution in [0.4, 0.5) is 0 Å². The maximum atomic E-state index is 11.2. The van der Waals surface area contributed by atoms with Crippen molar-refractivity contribution in [1.82, 2.24) is 0 Å². The van der Waals surface area contributed by atoms with Gasteiger partial charge in [-0.15, -0.1) is 0 Å². The summed E-state index contributed by atoms with van der Waals surface area (Å²) in [7, 11) is -2.27. The van der Waals surface area contributed by atoms with E-state index in [4.69, 9.17) is 11.6 Å². The number of sulfonamides is 1. The molecular formula is C9H10ClNO4S. The molecule has 0 heterocycles. The molecular weight excluding hydrogens is 254 g/mol. The highest BCUT2D eigenvalue weighted by molar-refractivity contribution is 7.89. The van der Waals surface area contributed by atoms with Crippen LogP contribution in [0.5, 0.6) is 0 Å². The molecule has 0 aromatic rings. The van der Waals surface area contributed by atoms with Crippen molar-refractivity contribution in [1.29, 1.82) is 0 Å². The number of esters is 1. The third-order valence-electron chi connectivity index (χ3n) is 1.69. The van der Waals surface area contributed by atoms with Crippen LogP contribution < -0.4 is 0 Å². The first kappa shape index (κ1) is 12.9. The lowest BCUT2D eigenvalue weighted by atomic mass is 10.1. The van der Waals surface area contributed by atoms with Crippen LogP contribution in [0.15, 0.2) is 27.2 Å². The fraction of sp³-hybridized carbons (Fsp3) is 0.333. The molecule has 0 atom stereocenters. The molecule has 0 radical (unpaired) electrons. The molecule has 0 aromatic carbocycles. The first-order valence-corrected chi connectivity index (χ1v) is 6.49. The minimum Gasteiger partial charge on any atom is -0.465 e. The lowest BCUT2D eigenvalue weighted by Crippen LogP contribution is -2.11. The Morgan fingerprint density at radius 2 is 2.12 bits per heavy atom. The van der Waals surface area contributed by atoms with Crippen LogP contribution in [-0.2, 0) is 19.6 Å². The number of nitrogens with zero attached hydrogens (tertiary/aromatic N) is 1. The first-order chi connectivity index (χ1) is 7.31. The third-order valence-corrected chi connectivity index (χ3v) is 2.50. The fourth-order valence-electron chi connectivity index (χ4n) is 1.17. The number of ether oxygens (including phenoxy) is 1. The summed E-state index contributed by atoms with van der Waals surface area (Å²) < 4.78 is 29.9. The Bertz CT molecular complexity index is 502. The van der Waals surface area contributed by atoms with Gasteiger partial charge in [0.25, 0.3) is 0 Å². The van der Waals surface area contributed by atoms with Crippen LogP contribution >= 0.6 is 11.6 Å². The average molecular weight is 264 g/mol. The topological polar surface area (TPSA) is 72.8 Å². The summed E-state index contributed by atoms with van der Waals surface area (Å²) in [6, 6.07) is 0. The molecule has 1 rings (SSSR count). The van der Waals surface area contributed by atoms with Gasteiger partial charge >= 0.3 is 5.97 Å². The van der Waals surface area contributed by atoms with Crippen molar-refractivity contribution in [2.24, 2.45) is 4.40 Å². The second kappa shape index (κ2) is 4.80. The lowest BCUT2D eigenvalue weighted by Gasteiger charge is -2.09. The number of rotatable bonds is 2. The average Bonchev–Trinajstić information content (AvgIpc) is 2.12. The number of hydrogen-bond donors (Lipinski definition) is 0. The molecule has 0 spiro atoms. The predicted molar refractivity (Wildman–Crippen MR) is 60.9 cm³/mol. The van der Waals surface area contributed by atoms with E-state index in [9.17, 15) is 13.2 Å². The third kappa shape index (κ3) is 3.79. The van der Waals surface area contributed by atoms with E-state index in [1.165, 1.54) is 19.3 Å². The normalized spacial score (nSPS) is 19.1. The number of methoxy groups -OCH3 is 1. The Labute approximate surface area is 98.5 Å². The van der Waals surface area contributed by atoms with E-state index in [0.717, 1.165) is 6.26 Å². The summed E-state index contributed by atoms with van der Waals surface area (Å²) in [5, 5.41) is 0.338. The van der Waals surface area contributed by atoms with Gasteiger partial charge in [-0.25, -0.2) is 13.2 Å². The first-order valence-electron chi connectivity index (χ1n) is 4.27. The molecule has 0 fully saturated rings. The van der Waals surface area contributed by atoms with Crippen molar-refractivity contribution in [3.63, 3.8) is 0 Å². The Balaban J connectivity index is 3.12. The molecule has 1 aliphatic rings. The number of hydrogen-bond acceptors (Lipinski definition) is 4. The van der Waals surface area contributed by atoms with Gasteiger partial charge in [0.15, 0.2) is 0 Å². The molecule has 0 aromatic heterocycles. The van der Waals surface area contributed by atoms with E-state index < -0.39 is 16.0 Å². The van der Waals surface area contributed by atoms with Crippen LogP contribution in [0.2, 0.25) is 0 Å². The molecule has 5 nitrogen and oxygen atoms in total. The zero-order valence-electron chi connectivity index (χ0n) is 8.73. The van der Waals surface area contributed by atoms with E-state index in [1.807, 2.05) is 0 Å². The molecule has 16 heavy (non-hydrogen) atoms. The van der Waals surface area contributed by atoms with Gasteiger partial charge in [0.2, 0.25) is 10.0 Å². The minimum atomic E-state index is -3.50. The van der Waals surface area contributed by atoms with Gasteiger partial charge in [-0.05, 0) is 12.2 Å². The van der Waals surface area contributed by atoms with Crippen molar-refractivity contribution in [2.75, 3.05) is 13.4 Å². The van der Waals surface area contributed by atoms with Gasteiger partial charge in [0.05, 0.1) is 24.7 Å². The van der Waals surface area contributed by atoms with Crippen LogP contribution in [0.1, 0.15) is 6.42 Å². The quantitative estimate of drug-likeness (QED) is 0.697. The molecule has 7 heteroatoms. The standard InChI is InChI=1S/C9H10ClNO4S/c1-15-9(12)6-3-7(10)5-8(4-6)11-16(2,13)14/h3-4H,5H2,1-2H3. The zero-order valence-corrected chi connectivity index (χ0v) is 10.3. The monoisotopic (exact) mass is 263 g/mol. The van der Waals surface area contributed by atoms with Crippen molar-refractivity contribution in [3.8, 4) is 0 Å². The molecule has 0 unspecified atom stereocenters. The largest absolute Gasteiger partial charge is 0.465 e. The smallest absolute Gasteiger partial charge is 0.337 e. The molecule has 0 amide bonds. The highest BCUT2D eigenvalue weighted by Crippen LogP contribution is 2.20. The van der Waals surface area contributed by atoms with E-state index >= 15 is 0 Å². The van der Waals surface area contributed by atoms with Crippen LogP contribution in [0.25, 0.3) is 0 Å². The van der Waals surface area contributed by atoms with Crippen LogP contribution in [-0.4, -0.2) is 33.5 Å². The van der Waals surface area contributed by atoms with E-state index in [-0.39, 0.29) is 17.7 Å². The van der Waals surface area contributed by atoms with Crippen LogP contribution in [0, 0.1) is 0 Å². The Morgan fingerprint density at radius 1 is 1.50 bits per heavy atom. The number of carbonyl (C=O) groups is 1. The number of halogens is 1. The molecule has 0 saturated heterocycles. The highest BCUT2D eigenvalue weighted by Gasteiger charge is 2.16. The summed E-state index contributed by atoms with van der Waals surface area (Å²) in [6.45, 7) is 0. The number of carbonyl (C=O) groups excluding carboxylic acids is 1. The molecule has 1 aliphatic carbocycles. The van der Waals surface area contributed by atoms with Crippen molar-refractivity contribution < 1.29 is 17.9 Å². The van der Waals surface area contributed by atoms with Gasteiger partial charge in [-0.2, -0.15) is 4.40 Å². The fourth-order valence-corrected chi connectivity index (χ4v) is 1.97. The second-order valence-corrected chi connectivity index (χ2v) is 5.31. The van der Waals surface area contributed by atoms with Crippen LogP contribution in [0.3, 0.4) is 0 Å². The van der Waals surface area contributed by atoms with Crippen molar-refractivity contribution >= 4 is 33.3 Å². The van der Waals surface area contributed by atoms with Crippen molar-refractivity contribution in [3.05, 3.63) is 22.8 Å². The van der Waals surface area contributed by atoms with Gasteiger partial charge in [-0.1, -0.05) is 11.6 Å². The molecule has 0 aliphatic heterocycles.